The highest BCUT2D eigenvalue weighted by Crippen LogP contribution is 2.42. The number of rotatable bonds is 12. The van der Waals surface area contributed by atoms with Crippen LogP contribution in [0.1, 0.15) is 100 Å². The van der Waals surface area contributed by atoms with E-state index in [0.717, 1.165) is 32.0 Å². The largest absolute Gasteiger partial charge is 0.463 e. The summed E-state index contributed by atoms with van der Waals surface area (Å²) in [4.78, 5) is 56.7. The van der Waals surface area contributed by atoms with E-state index in [9.17, 15) is 29.5 Å². The monoisotopic (exact) mass is 728 g/mol. The van der Waals surface area contributed by atoms with Gasteiger partial charge in [0.05, 0.1) is 5.69 Å². The van der Waals surface area contributed by atoms with Crippen molar-refractivity contribution < 1.29 is 48.0 Å². The molecule has 0 bridgehead atoms. The number of ether oxygens (including phenoxy) is 5. The van der Waals surface area contributed by atoms with E-state index < -0.39 is 77.1 Å². The molecule has 286 valence electrons. The lowest BCUT2D eigenvalue weighted by atomic mass is 9.86. The second-order valence-corrected chi connectivity index (χ2v) is 15.9. The van der Waals surface area contributed by atoms with Gasteiger partial charge in [-0.1, -0.05) is 33.6 Å². The van der Waals surface area contributed by atoms with Crippen LogP contribution >= 0.6 is 0 Å². The normalized spacial score (nSPS) is 23.1. The molecule has 16 heteroatoms. The third kappa shape index (κ3) is 9.17. The number of nitriles is 1. The summed E-state index contributed by atoms with van der Waals surface area (Å²) in [5.41, 5.74) is -4.85. The second-order valence-electron chi connectivity index (χ2n) is 15.9. The molecule has 52 heavy (non-hydrogen) atoms. The Hall–Kier alpha value is -4.33. The fourth-order valence-electron chi connectivity index (χ4n) is 6.38. The number of esters is 2. The van der Waals surface area contributed by atoms with Gasteiger partial charge >= 0.3 is 18.0 Å². The molecule has 2 aliphatic rings. The molecular formula is C36H52N6O10. The van der Waals surface area contributed by atoms with E-state index >= 15 is 0 Å². The Bertz CT molecular complexity index is 1670. The van der Waals surface area contributed by atoms with Gasteiger partial charge in [0.2, 0.25) is 5.60 Å². The standard InChI is InChI=1S/C36H52N6O10/c1-10-49-35(8,9)31(46)41-29-22-15-16-24(42(22)39-20-38-29)36(19-37)28(44)26(23(51-36)18-48-25(43)17-21-13-11-12-14-21)50-30(45)27(33(2,3)4)40-32(47)52-34(5,6)7/h15-16,20-21,23,26-28,44H,10-14,17-18H2,1-9H3,(H,40,47)(H,38,39,41,46)/t23-,26-,27-,28-,36+/m1/s1. The summed E-state index contributed by atoms with van der Waals surface area (Å²) in [6.07, 6.45) is -0.301. The quantitative estimate of drug-likeness (QED) is 0.209. The van der Waals surface area contributed by atoms with Crippen molar-refractivity contribution in [3.8, 4) is 6.07 Å². The van der Waals surface area contributed by atoms with Crippen LogP contribution in [0.2, 0.25) is 0 Å². The molecule has 1 saturated carbocycles. The SMILES string of the molecule is CCOC(C)(C)C(=O)Nc1ncnn2c([C@]3(C#N)O[C@H](COC(=O)CC4CCCC4)[C@@H](OC(=O)[C@@H](NC(=O)OC(C)(C)C)C(C)(C)C)[C@H]3O)ccc12. The fraction of sp³-hybridized carbons (Fsp3) is 0.694. The Morgan fingerprint density at radius 2 is 1.79 bits per heavy atom. The van der Waals surface area contributed by atoms with Gasteiger partial charge < -0.3 is 39.4 Å². The van der Waals surface area contributed by atoms with Gasteiger partial charge in [-0.05, 0) is 77.8 Å². The average molecular weight is 729 g/mol. The van der Waals surface area contributed by atoms with E-state index in [1.807, 2.05) is 6.07 Å². The van der Waals surface area contributed by atoms with Gasteiger partial charge in [-0.3, -0.25) is 9.59 Å². The number of fused-ring (bicyclic) bond motifs is 1. The second kappa shape index (κ2) is 15.7. The molecule has 2 fully saturated rings. The van der Waals surface area contributed by atoms with Gasteiger partial charge in [0, 0.05) is 13.0 Å². The molecule has 0 unspecified atom stereocenters. The lowest BCUT2D eigenvalue weighted by molar-refractivity contribution is -0.164. The van der Waals surface area contributed by atoms with Crippen LogP contribution in [0.4, 0.5) is 10.6 Å². The van der Waals surface area contributed by atoms with Gasteiger partial charge in [0.25, 0.3) is 5.91 Å². The molecule has 0 radical (unpaired) electrons. The maximum Gasteiger partial charge on any atom is 0.408 e. The molecule has 5 atom stereocenters. The summed E-state index contributed by atoms with van der Waals surface area (Å²) >= 11 is 0. The Kier molecular flexibility index (Phi) is 12.2. The van der Waals surface area contributed by atoms with Crippen LogP contribution in [0.15, 0.2) is 18.5 Å². The maximum atomic E-state index is 13.9. The predicted molar refractivity (Wildman–Crippen MR) is 186 cm³/mol. The first kappa shape index (κ1) is 40.4. The highest BCUT2D eigenvalue weighted by atomic mass is 16.6. The molecule has 1 aliphatic heterocycles. The third-order valence-electron chi connectivity index (χ3n) is 9.07. The average Bonchev–Trinajstić information content (AvgIpc) is 3.77. The van der Waals surface area contributed by atoms with Crippen molar-refractivity contribution in [2.75, 3.05) is 18.5 Å². The molecule has 2 amide bonds. The third-order valence-corrected chi connectivity index (χ3v) is 9.07. The molecule has 1 saturated heterocycles. The minimum Gasteiger partial charge on any atom is -0.463 e. The summed E-state index contributed by atoms with van der Waals surface area (Å²) in [6.45, 7) is 15.0. The van der Waals surface area contributed by atoms with E-state index in [2.05, 4.69) is 20.7 Å². The van der Waals surface area contributed by atoms with Gasteiger partial charge in [0.15, 0.2) is 11.9 Å². The number of hydrogen-bond donors (Lipinski definition) is 3. The van der Waals surface area contributed by atoms with Gasteiger partial charge in [-0.15, -0.1) is 0 Å². The number of carbonyl (C=O) groups is 4. The van der Waals surface area contributed by atoms with Gasteiger partial charge in [0.1, 0.15) is 54.0 Å². The highest BCUT2D eigenvalue weighted by molar-refractivity contribution is 5.98. The number of anilines is 1. The number of alkyl carbamates (subject to hydrolysis) is 1. The van der Waals surface area contributed by atoms with E-state index in [1.54, 1.807) is 62.3 Å². The summed E-state index contributed by atoms with van der Waals surface area (Å²) < 4.78 is 29.9. The van der Waals surface area contributed by atoms with Crippen molar-refractivity contribution in [3.05, 3.63) is 24.2 Å². The number of hydrogen-bond acceptors (Lipinski definition) is 13. The lowest BCUT2D eigenvalue weighted by Gasteiger charge is -2.32. The molecule has 16 nitrogen and oxygen atoms in total. The number of carbonyl (C=O) groups excluding carboxylic acids is 4. The van der Waals surface area contributed by atoms with Gasteiger partial charge in [-0.25, -0.2) is 19.1 Å². The number of aromatic nitrogens is 3. The molecule has 3 N–H and O–H groups in total. The molecular weight excluding hydrogens is 676 g/mol. The molecule has 0 aromatic carbocycles. The van der Waals surface area contributed by atoms with Crippen molar-refractivity contribution >= 4 is 35.3 Å². The van der Waals surface area contributed by atoms with Crippen LogP contribution in [-0.2, 0) is 43.7 Å². The zero-order valence-corrected chi connectivity index (χ0v) is 31.5. The Morgan fingerprint density at radius 1 is 1.12 bits per heavy atom. The molecule has 2 aromatic rings. The number of nitrogens with one attached hydrogen (secondary N) is 2. The van der Waals surface area contributed by atoms with Crippen molar-refractivity contribution in [2.45, 2.75) is 136 Å². The van der Waals surface area contributed by atoms with Gasteiger partial charge in [-0.2, -0.15) is 10.4 Å². The van der Waals surface area contributed by atoms with Crippen LogP contribution in [0.3, 0.4) is 0 Å². The molecule has 2 aromatic heterocycles. The molecule has 0 spiro atoms. The Balaban J connectivity index is 1.68. The molecule has 4 rings (SSSR count). The Labute approximate surface area is 303 Å². The minimum absolute atomic E-state index is 0.0274. The van der Waals surface area contributed by atoms with Crippen molar-refractivity contribution in [3.63, 3.8) is 0 Å². The molecule has 1 aliphatic carbocycles. The van der Waals surface area contributed by atoms with Crippen LogP contribution < -0.4 is 10.6 Å². The van der Waals surface area contributed by atoms with E-state index in [1.165, 1.54) is 16.6 Å². The first-order chi connectivity index (χ1) is 24.2. The summed E-state index contributed by atoms with van der Waals surface area (Å²) in [7, 11) is 0. The molecule has 3 heterocycles. The van der Waals surface area contributed by atoms with Crippen molar-refractivity contribution in [1.82, 2.24) is 19.9 Å². The van der Waals surface area contributed by atoms with E-state index in [4.69, 9.17) is 23.7 Å². The summed E-state index contributed by atoms with van der Waals surface area (Å²) in [5.74, 6) is -1.61. The minimum atomic E-state index is -2.21. The van der Waals surface area contributed by atoms with Crippen LogP contribution in [0, 0.1) is 22.7 Å². The number of nitrogens with zero attached hydrogens (tertiary/aromatic N) is 4. The maximum absolute atomic E-state index is 13.9. The van der Waals surface area contributed by atoms with Crippen molar-refractivity contribution in [2.24, 2.45) is 11.3 Å². The summed E-state index contributed by atoms with van der Waals surface area (Å²) in [6, 6.07) is 3.78. The topological polar surface area (TPSA) is 213 Å². The predicted octanol–water partition coefficient (Wildman–Crippen LogP) is 3.94. The lowest BCUT2D eigenvalue weighted by Crippen LogP contribution is -2.53. The van der Waals surface area contributed by atoms with Crippen LogP contribution in [-0.4, -0.2) is 92.4 Å². The number of aliphatic hydroxyl groups is 1. The van der Waals surface area contributed by atoms with Crippen LogP contribution in [0.25, 0.3) is 5.52 Å². The smallest absolute Gasteiger partial charge is 0.408 e. The Morgan fingerprint density at radius 3 is 2.38 bits per heavy atom. The zero-order valence-electron chi connectivity index (χ0n) is 31.5. The van der Waals surface area contributed by atoms with Crippen LogP contribution in [0.5, 0.6) is 0 Å². The number of amides is 2. The first-order valence-electron chi connectivity index (χ1n) is 17.6. The van der Waals surface area contributed by atoms with E-state index in [0.29, 0.717) is 6.61 Å². The number of aliphatic hydroxyl groups excluding tert-OH is 1. The summed E-state index contributed by atoms with van der Waals surface area (Å²) in [5, 5.41) is 32.2. The highest BCUT2D eigenvalue weighted by Gasteiger charge is 2.60. The van der Waals surface area contributed by atoms with Crippen molar-refractivity contribution in [1.29, 1.82) is 5.26 Å². The van der Waals surface area contributed by atoms with E-state index in [-0.39, 0.29) is 29.4 Å². The first-order valence-corrected chi connectivity index (χ1v) is 17.6. The zero-order chi connectivity index (χ0) is 38.6. The fourth-order valence-corrected chi connectivity index (χ4v) is 6.38.